The molecule has 0 fully saturated rings. The number of aliphatic carboxylic acids is 1. The molecular weight excluding hydrogens is 597 g/mol. The predicted molar refractivity (Wildman–Crippen MR) is 161 cm³/mol. The van der Waals surface area contributed by atoms with Gasteiger partial charge < -0.3 is 14.6 Å². The molecule has 198 valence electrons. The van der Waals surface area contributed by atoms with Crippen molar-refractivity contribution in [1.29, 1.82) is 0 Å². The van der Waals surface area contributed by atoms with Crippen LogP contribution in [0.25, 0.3) is 10.6 Å². The van der Waals surface area contributed by atoms with Crippen LogP contribution in [0.3, 0.4) is 0 Å². The molecule has 0 saturated heterocycles. The van der Waals surface area contributed by atoms with E-state index in [1.807, 2.05) is 6.07 Å². The number of benzene rings is 2. The number of fused-ring (bicyclic) bond motifs is 1. The van der Waals surface area contributed by atoms with Crippen LogP contribution in [0.4, 0.5) is 0 Å². The van der Waals surface area contributed by atoms with Gasteiger partial charge in [-0.25, -0.2) is 9.78 Å². The van der Waals surface area contributed by atoms with E-state index in [0.29, 0.717) is 17.1 Å². The zero-order chi connectivity index (χ0) is 26.4. The maximum Gasteiger partial charge on any atom is 0.333 e. The number of carbonyl (C=O) groups is 1. The summed E-state index contributed by atoms with van der Waals surface area (Å²) in [6, 6.07) is 12.7. The van der Waals surface area contributed by atoms with Gasteiger partial charge in [-0.3, -0.25) is 0 Å². The summed E-state index contributed by atoms with van der Waals surface area (Å²) in [7, 11) is 0. The van der Waals surface area contributed by atoms with Gasteiger partial charge in [-0.2, -0.15) is 0 Å². The number of aromatic nitrogens is 1. The van der Waals surface area contributed by atoms with Crippen molar-refractivity contribution in [2.45, 2.75) is 69.1 Å². The van der Waals surface area contributed by atoms with E-state index < -0.39 is 26.7 Å². The Bertz CT molecular complexity index is 1260. The summed E-state index contributed by atoms with van der Waals surface area (Å²) in [5, 5.41) is 12.2. The highest BCUT2D eigenvalue weighted by Gasteiger charge is 2.22. The minimum absolute atomic E-state index is 0.0518. The lowest BCUT2D eigenvalue weighted by atomic mass is 9.93. The summed E-state index contributed by atoms with van der Waals surface area (Å²) >= 11 is 1.24. The average molecular weight is 634 g/mol. The van der Waals surface area contributed by atoms with E-state index in [4.69, 9.17) is 19.6 Å². The first-order chi connectivity index (χ1) is 17.7. The van der Waals surface area contributed by atoms with E-state index in [9.17, 15) is 4.79 Å². The Morgan fingerprint density at radius 2 is 2.00 bits per heavy atom. The lowest BCUT2D eigenvalue weighted by Crippen LogP contribution is -2.11. The van der Waals surface area contributed by atoms with Gasteiger partial charge in [-0.1, -0.05) is 40.2 Å². The monoisotopic (exact) mass is 633 g/mol. The van der Waals surface area contributed by atoms with Gasteiger partial charge in [0.2, 0.25) is 0 Å². The Balaban J connectivity index is 1.30. The first-order valence-corrected chi connectivity index (χ1v) is 16.3. The number of hydrogen-bond donors (Lipinski definition) is 1. The molecule has 1 N–H and O–H groups in total. The number of thiazole rings is 1. The van der Waals surface area contributed by atoms with Gasteiger partial charge in [-0.05, 0) is 66.3 Å². The Labute approximate surface area is 234 Å². The standard InChI is InChI=1S/C30H36INO4S/c1-5-7-21-16-22(29-32-27(19-37-29)30(2,3)4)9-13-26(21)36-15-6-14-35-23-10-11-24-20(17-23)8-12-25(24)31-18-28(33)34/h9-11,13,16-19,25H,5-8,12,14-15H2,1-4H3,(H,33,34). The molecule has 4 rings (SSSR count). The van der Waals surface area contributed by atoms with Crippen molar-refractivity contribution >= 4 is 42.0 Å². The van der Waals surface area contributed by atoms with Crippen LogP contribution >= 0.6 is 32.1 Å². The van der Waals surface area contributed by atoms with Gasteiger partial charge in [0.1, 0.15) is 16.5 Å². The second-order valence-electron chi connectivity index (χ2n) is 10.4. The summed E-state index contributed by atoms with van der Waals surface area (Å²) in [6.07, 6.45) is 4.88. The number of carboxylic acid groups (broad SMARTS) is 1. The second-order valence-corrected chi connectivity index (χ2v) is 14.1. The summed E-state index contributed by atoms with van der Waals surface area (Å²) in [6.45, 7) is 9.97. The van der Waals surface area contributed by atoms with Crippen LogP contribution in [-0.2, 0) is 23.1 Å². The van der Waals surface area contributed by atoms with E-state index in [1.165, 1.54) is 20.7 Å². The Morgan fingerprint density at radius 1 is 1.19 bits per heavy atom. The van der Waals surface area contributed by atoms with E-state index in [0.717, 1.165) is 59.9 Å². The Hall–Kier alpha value is -2.26. The van der Waals surface area contributed by atoms with E-state index in [1.54, 1.807) is 11.3 Å². The Morgan fingerprint density at radius 3 is 2.73 bits per heavy atom. The molecule has 0 saturated carbocycles. The third kappa shape index (κ3) is 7.41. The second kappa shape index (κ2) is 12.5. The fraction of sp³-hybridized carbons (Fsp3) is 0.433. The van der Waals surface area contributed by atoms with Gasteiger partial charge in [0.15, 0.2) is 0 Å². The first-order valence-electron chi connectivity index (χ1n) is 12.9. The molecule has 37 heavy (non-hydrogen) atoms. The third-order valence-corrected chi connectivity index (χ3v) is 10.3. The van der Waals surface area contributed by atoms with Gasteiger partial charge in [-0.15, -0.1) is 32.1 Å². The number of alkyl halides is 1. The molecule has 1 aromatic heterocycles. The van der Waals surface area contributed by atoms with Crippen LogP contribution in [0.5, 0.6) is 11.5 Å². The highest BCUT2D eigenvalue weighted by atomic mass is 127. The van der Waals surface area contributed by atoms with Crippen molar-refractivity contribution < 1.29 is 19.4 Å². The van der Waals surface area contributed by atoms with Crippen LogP contribution in [0.2, 0.25) is 0 Å². The zero-order valence-corrected chi connectivity index (χ0v) is 25.0. The quantitative estimate of drug-likeness (QED) is 0.133. The number of ether oxygens (including phenoxy) is 2. The molecule has 1 atom stereocenters. The molecule has 0 amide bonds. The van der Waals surface area contributed by atoms with E-state index in [2.05, 4.69) is 63.4 Å². The smallest absolute Gasteiger partial charge is 0.333 e. The van der Waals surface area contributed by atoms with Crippen molar-refractivity contribution in [3.05, 3.63) is 64.2 Å². The van der Waals surface area contributed by atoms with Crippen molar-refractivity contribution in [1.82, 2.24) is 4.98 Å². The number of aryl methyl sites for hydroxylation is 2. The minimum Gasteiger partial charge on any atom is -0.493 e. The molecule has 0 spiro atoms. The van der Waals surface area contributed by atoms with Crippen LogP contribution in [0, 0.1) is 0 Å². The summed E-state index contributed by atoms with van der Waals surface area (Å²) < 4.78 is 14.1. The summed E-state index contributed by atoms with van der Waals surface area (Å²) in [5.74, 6) is 1.03. The molecule has 1 aliphatic rings. The fourth-order valence-electron chi connectivity index (χ4n) is 4.39. The lowest BCUT2D eigenvalue weighted by molar-refractivity contribution is -0.128. The molecule has 0 aliphatic heterocycles. The van der Waals surface area contributed by atoms with Crippen molar-refractivity contribution in [3.8, 4) is 22.1 Å². The molecule has 7 heteroatoms. The largest absolute Gasteiger partial charge is 0.493 e. The molecule has 1 unspecified atom stereocenters. The maximum atomic E-state index is 10.9. The summed E-state index contributed by atoms with van der Waals surface area (Å²) in [5.41, 5.74) is 6.17. The van der Waals surface area contributed by atoms with Gasteiger partial charge >= 0.3 is 5.97 Å². The maximum absolute atomic E-state index is 10.9. The number of hydrogen-bond acceptors (Lipinski definition) is 5. The van der Waals surface area contributed by atoms with E-state index >= 15 is 0 Å². The molecular formula is C30H36INO4S. The molecule has 1 aliphatic carbocycles. The predicted octanol–water partition coefficient (Wildman–Crippen LogP) is 7.75. The zero-order valence-electron chi connectivity index (χ0n) is 22.1. The Kier molecular flexibility index (Phi) is 9.40. The summed E-state index contributed by atoms with van der Waals surface area (Å²) in [4.78, 5) is 15.8. The van der Waals surface area contributed by atoms with Crippen LogP contribution < -0.4 is 9.47 Å². The topological polar surface area (TPSA) is 68.7 Å². The molecule has 5 nitrogen and oxygen atoms in total. The molecule has 0 bridgehead atoms. The number of carboxylic acids is 1. The van der Waals surface area contributed by atoms with E-state index in [-0.39, 0.29) is 5.41 Å². The average Bonchev–Trinajstić information content (AvgIpc) is 3.51. The highest BCUT2D eigenvalue weighted by Crippen LogP contribution is 2.42. The lowest BCUT2D eigenvalue weighted by Gasteiger charge is -2.15. The highest BCUT2D eigenvalue weighted by molar-refractivity contribution is 14.2. The van der Waals surface area contributed by atoms with Crippen LogP contribution in [0.1, 0.15) is 73.3 Å². The molecule has 3 aromatic rings. The minimum atomic E-state index is -0.796. The van der Waals surface area contributed by atoms with Crippen molar-refractivity contribution in [2.75, 3.05) is 13.2 Å². The van der Waals surface area contributed by atoms with Crippen LogP contribution in [-0.4, -0.2) is 33.3 Å². The van der Waals surface area contributed by atoms with Gasteiger partial charge in [0, 0.05) is 26.7 Å². The first kappa shape index (κ1) is 27.8. The molecule has 2 aromatic carbocycles. The van der Waals surface area contributed by atoms with Crippen LogP contribution in [0.15, 0.2) is 41.8 Å². The van der Waals surface area contributed by atoms with Crippen molar-refractivity contribution in [3.63, 3.8) is 0 Å². The molecule has 0 radical (unpaired) electrons. The number of rotatable bonds is 11. The van der Waals surface area contributed by atoms with Gasteiger partial charge in [0.25, 0.3) is 0 Å². The number of halogens is 1. The fourth-order valence-corrected chi connectivity index (χ4v) is 7.84. The van der Waals surface area contributed by atoms with Crippen molar-refractivity contribution in [2.24, 2.45) is 0 Å². The molecule has 1 heterocycles. The third-order valence-electron chi connectivity index (χ3n) is 6.34. The normalized spacial score (nSPS) is 15.4. The SMILES string of the molecule is CCCc1cc(-c2nc(C(C)(C)C)cs2)ccc1OCCCOc1ccc2c(c1)CCC2I=CC(=O)O. The van der Waals surface area contributed by atoms with Gasteiger partial charge in [0.05, 0.1) is 22.9 Å². The number of nitrogens with zero attached hydrogens (tertiary/aromatic N) is 1.